The number of carbonyl (C=O) groups excluding carboxylic acids is 1. The minimum Gasteiger partial charge on any atom is -0.369 e. The number of halogens is 2. The topological polar surface area (TPSA) is 32.3 Å². The van der Waals surface area contributed by atoms with Gasteiger partial charge in [-0.1, -0.05) is 0 Å². The largest absolute Gasteiger partial charge is 0.369 e. The van der Waals surface area contributed by atoms with Gasteiger partial charge in [0.05, 0.1) is 0 Å². The van der Waals surface area contributed by atoms with Gasteiger partial charge in [0, 0.05) is 36.4 Å². The summed E-state index contributed by atoms with van der Waals surface area (Å²) in [5.74, 6) is -1.42. The molecule has 0 bridgehead atoms. The van der Waals surface area contributed by atoms with E-state index >= 15 is 0 Å². The summed E-state index contributed by atoms with van der Waals surface area (Å²) in [6, 6.07) is 11.2. The number of rotatable bonds is 7. The maximum Gasteiger partial charge on any atom is 0.251 e. The fourth-order valence-electron chi connectivity index (χ4n) is 2.83. The Labute approximate surface area is 147 Å². The van der Waals surface area contributed by atoms with Crippen molar-refractivity contribution in [1.82, 2.24) is 5.32 Å². The van der Waals surface area contributed by atoms with E-state index in [4.69, 9.17) is 0 Å². The van der Waals surface area contributed by atoms with Crippen LogP contribution in [0.3, 0.4) is 0 Å². The summed E-state index contributed by atoms with van der Waals surface area (Å²) in [6.07, 6.45) is 0.371. The monoisotopic (exact) mass is 346 g/mol. The molecule has 134 valence electrons. The standard InChI is InChI=1S/C20H24F2N2O/c1-4-24(14(2)3)19-7-5-16(6-8-19)20(25)23-10-9-15-11-17(21)13-18(22)12-15/h5-8,11-14H,4,9-10H2,1-3H3,(H,23,25). The molecule has 2 aromatic carbocycles. The highest BCUT2D eigenvalue weighted by Gasteiger charge is 2.10. The average molecular weight is 346 g/mol. The molecule has 5 heteroatoms. The third-order valence-electron chi connectivity index (χ3n) is 4.05. The fourth-order valence-corrected chi connectivity index (χ4v) is 2.83. The number of nitrogens with zero attached hydrogens (tertiary/aromatic N) is 1. The summed E-state index contributed by atoms with van der Waals surface area (Å²) in [4.78, 5) is 14.4. The van der Waals surface area contributed by atoms with Crippen LogP contribution in [0, 0.1) is 11.6 Å². The molecule has 0 unspecified atom stereocenters. The quantitative estimate of drug-likeness (QED) is 0.816. The fraction of sp³-hybridized carbons (Fsp3) is 0.350. The highest BCUT2D eigenvalue weighted by atomic mass is 19.1. The van der Waals surface area contributed by atoms with Crippen molar-refractivity contribution in [2.45, 2.75) is 33.2 Å². The van der Waals surface area contributed by atoms with Crippen LogP contribution in [-0.2, 0) is 6.42 Å². The zero-order valence-corrected chi connectivity index (χ0v) is 14.9. The molecule has 0 radical (unpaired) electrons. The molecule has 2 aromatic rings. The van der Waals surface area contributed by atoms with Crippen LogP contribution in [-0.4, -0.2) is 25.0 Å². The summed E-state index contributed by atoms with van der Waals surface area (Å²) in [6.45, 7) is 7.55. The van der Waals surface area contributed by atoms with E-state index in [1.807, 2.05) is 12.1 Å². The number of hydrogen-bond donors (Lipinski definition) is 1. The molecular formula is C20H24F2N2O. The van der Waals surface area contributed by atoms with Gasteiger partial charge in [0.2, 0.25) is 0 Å². The Balaban J connectivity index is 1.92. The lowest BCUT2D eigenvalue weighted by atomic mass is 10.1. The van der Waals surface area contributed by atoms with Crippen molar-refractivity contribution >= 4 is 11.6 Å². The lowest BCUT2D eigenvalue weighted by Crippen LogP contribution is -2.30. The normalized spacial score (nSPS) is 10.8. The maximum absolute atomic E-state index is 13.1. The predicted molar refractivity (Wildman–Crippen MR) is 97.0 cm³/mol. The van der Waals surface area contributed by atoms with Crippen molar-refractivity contribution in [2.75, 3.05) is 18.0 Å². The molecule has 0 atom stereocenters. The zero-order valence-electron chi connectivity index (χ0n) is 14.9. The second-order valence-electron chi connectivity index (χ2n) is 6.21. The van der Waals surface area contributed by atoms with Gasteiger partial charge in [0.25, 0.3) is 5.91 Å². The van der Waals surface area contributed by atoms with Gasteiger partial charge in [0.15, 0.2) is 0 Å². The van der Waals surface area contributed by atoms with Crippen molar-refractivity contribution in [3.63, 3.8) is 0 Å². The summed E-state index contributed by atoms with van der Waals surface area (Å²) in [5.41, 5.74) is 2.15. The Morgan fingerprint density at radius 3 is 2.20 bits per heavy atom. The van der Waals surface area contributed by atoms with E-state index in [0.717, 1.165) is 18.3 Å². The molecule has 3 nitrogen and oxygen atoms in total. The maximum atomic E-state index is 13.1. The van der Waals surface area contributed by atoms with Crippen LogP contribution >= 0.6 is 0 Å². The van der Waals surface area contributed by atoms with Gasteiger partial charge in [-0.3, -0.25) is 4.79 Å². The van der Waals surface area contributed by atoms with Gasteiger partial charge < -0.3 is 10.2 Å². The lowest BCUT2D eigenvalue weighted by molar-refractivity contribution is 0.0954. The molecule has 25 heavy (non-hydrogen) atoms. The molecule has 1 N–H and O–H groups in total. The van der Waals surface area contributed by atoms with Crippen LogP contribution in [0.2, 0.25) is 0 Å². The molecule has 0 saturated carbocycles. The lowest BCUT2D eigenvalue weighted by Gasteiger charge is -2.27. The van der Waals surface area contributed by atoms with Crippen LogP contribution in [0.15, 0.2) is 42.5 Å². The minimum atomic E-state index is -0.609. The Hall–Kier alpha value is -2.43. The van der Waals surface area contributed by atoms with Gasteiger partial charge in [-0.2, -0.15) is 0 Å². The van der Waals surface area contributed by atoms with Crippen molar-refractivity contribution in [3.8, 4) is 0 Å². The second-order valence-corrected chi connectivity index (χ2v) is 6.21. The number of carbonyl (C=O) groups is 1. The number of nitrogens with one attached hydrogen (secondary N) is 1. The third kappa shape index (κ3) is 5.28. The third-order valence-corrected chi connectivity index (χ3v) is 4.05. The molecule has 0 spiro atoms. The molecule has 0 heterocycles. The van der Waals surface area contributed by atoms with Crippen LogP contribution in [0.4, 0.5) is 14.5 Å². The summed E-state index contributed by atoms with van der Waals surface area (Å²) in [5, 5.41) is 2.77. The van der Waals surface area contributed by atoms with Crippen molar-refractivity contribution in [1.29, 1.82) is 0 Å². The van der Waals surface area contributed by atoms with E-state index in [1.165, 1.54) is 12.1 Å². The Bertz CT molecular complexity index is 694. The molecule has 0 saturated heterocycles. The molecular weight excluding hydrogens is 322 g/mol. The predicted octanol–water partition coefficient (Wildman–Crippen LogP) is 4.17. The molecule has 2 rings (SSSR count). The van der Waals surface area contributed by atoms with Gasteiger partial charge in [-0.25, -0.2) is 8.78 Å². The minimum absolute atomic E-state index is 0.198. The SMILES string of the molecule is CCN(c1ccc(C(=O)NCCc2cc(F)cc(F)c2)cc1)C(C)C. The van der Waals surface area contributed by atoms with E-state index in [0.29, 0.717) is 30.1 Å². The summed E-state index contributed by atoms with van der Waals surface area (Å²) < 4.78 is 26.3. The van der Waals surface area contributed by atoms with Crippen LogP contribution in [0.25, 0.3) is 0 Å². The number of amides is 1. The smallest absolute Gasteiger partial charge is 0.251 e. The molecule has 0 aliphatic rings. The van der Waals surface area contributed by atoms with E-state index in [1.54, 1.807) is 12.1 Å². The van der Waals surface area contributed by atoms with E-state index in [9.17, 15) is 13.6 Å². The summed E-state index contributed by atoms with van der Waals surface area (Å²) in [7, 11) is 0. The van der Waals surface area contributed by atoms with E-state index in [-0.39, 0.29) is 5.91 Å². The molecule has 0 aliphatic carbocycles. The van der Waals surface area contributed by atoms with Gasteiger partial charge >= 0.3 is 0 Å². The molecule has 0 aliphatic heterocycles. The number of hydrogen-bond acceptors (Lipinski definition) is 2. The van der Waals surface area contributed by atoms with E-state index in [2.05, 4.69) is 31.0 Å². The van der Waals surface area contributed by atoms with E-state index < -0.39 is 11.6 Å². The van der Waals surface area contributed by atoms with Crippen molar-refractivity contribution in [2.24, 2.45) is 0 Å². The van der Waals surface area contributed by atoms with Crippen molar-refractivity contribution in [3.05, 3.63) is 65.2 Å². The second kappa shape index (κ2) is 8.60. The first-order valence-corrected chi connectivity index (χ1v) is 8.50. The number of anilines is 1. The van der Waals surface area contributed by atoms with Gasteiger partial charge in [-0.05, 0) is 69.2 Å². The van der Waals surface area contributed by atoms with Crippen LogP contribution in [0.5, 0.6) is 0 Å². The Morgan fingerprint density at radius 2 is 1.68 bits per heavy atom. The highest BCUT2D eigenvalue weighted by molar-refractivity contribution is 5.94. The molecule has 0 fully saturated rings. The summed E-state index contributed by atoms with van der Waals surface area (Å²) >= 11 is 0. The Kier molecular flexibility index (Phi) is 6.51. The van der Waals surface area contributed by atoms with Gasteiger partial charge in [-0.15, -0.1) is 0 Å². The zero-order chi connectivity index (χ0) is 18.4. The first kappa shape index (κ1) is 18.9. The van der Waals surface area contributed by atoms with Gasteiger partial charge in [0.1, 0.15) is 11.6 Å². The molecule has 1 amide bonds. The first-order chi connectivity index (χ1) is 11.9. The van der Waals surface area contributed by atoms with Crippen molar-refractivity contribution < 1.29 is 13.6 Å². The highest BCUT2D eigenvalue weighted by Crippen LogP contribution is 2.17. The van der Waals surface area contributed by atoms with Crippen LogP contribution < -0.4 is 10.2 Å². The Morgan fingerprint density at radius 1 is 1.08 bits per heavy atom. The first-order valence-electron chi connectivity index (χ1n) is 8.50. The molecule has 0 aromatic heterocycles. The van der Waals surface area contributed by atoms with Crippen LogP contribution in [0.1, 0.15) is 36.7 Å². The number of benzene rings is 2. The average Bonchev–Trinajstić information content (AvgIpc) is 2.55.